The van der Waals surface area contributed by atoms with Gasteiger partial charge in [-0.15, -0.1) is 6.07 Å². The minimum atomic E-state index is -4.78. The predicted molar refractivity (Wildman–Crippen MR) is 246 cm³/mol. The molecule has 0 fully saturated rings. The van der Waals surface area contributed by atoms with E-state index in [0.29, 0.717) is 12.1 Å². The van der Waals surface area contributed by atoms with Crippen molar-refractivity contribution < 1.29 is 43.5 Å². The van der Waals surface area contributed by atoms with E-state index in [2.05, 4.69) is 218 Å². The maximum atomic E-state index is 12.0. The summed E-state index contributed by atoms with van der Waals surface area (Å²) in [6, 6.07) is 56.7. The van der Waals surface area contributed by atoms with Gasteiger partial charge in [-0.2, -0.15) is 44.5 Å². The number of benzene rings is 7. The van der Waals surface area contributed by atoms with Crippen LogP contribution in [0, 0.1) is 47.6 Å². The number of rotatable bonds is 6. The Balaban J connectivity index is 0.000000200. The Morgan fingerprint density at radius 3 is 0.733 bits per heavy atom. The first-order valence-electron chi connectivity index (χ1n) is 18.9. The molecule has 0 aliphatic carbocycles. The fourth-order valence-electron chi connectivity index (χ4n) is 6.60. The Kier molecular flexibility index (Phi) is 18.6. The van der Waals surface area contributed by atoms with Gasteiger partial charge in [0, 0.05) is 0 Å². The normalized spacial score (nSPS) is 11.2. The number of hydrogen-bond acceptors (Lipinski definition) is 0. The first-order valence-corrected chi connectivity index (χ1v) is 25.5. The van der Waals surface area contributed by atoms with Gasteiger partial charge in [0.05, 0.1) is 15.8 Å². The molecule has 0 radical (unpaired) electrons. The minimum absolute atomic E-state index is 0.0521. The summed E-state index contributed by atoms with van der Waals surface area (Å²) >= 11 is 5.35. The fraction of sp³-hybridized carbons (Fsp3) is 0.160. The fourth-order valence-corrected chi connectivity index (χ4v) is 12.4. The second kappa shape index (κ2) is 22.8. The topological polar surface area (TPSA) is 0 Å². The molecule has 0 heterocycles. The Labute approximate surface area is 370 Å². The molecule has 0 saturated heterocycles. The molecular formula is C50H47BrF6P2Pd+2. The van der Waals surface area contributed by atoms with Crippen LogP contribution in [-0.2, 0) is 29.5 Å². The summed E-state index contributed by atoms with van der Waals surface area (Å²) in [7, 11) is -1.89. The van der Waals surface area contributed by atoms with Crippen molar-refractivity contribution in [2.45, 2.75) is 53.9 Å². The average Bonchev–Trinajstić information content (AvgIpc) is 3.19. The van der Waals surface area contributed by atoms with Crippen molar-refractivity contribution in [1.82, 2.24) is 0 Å². The van der Waals surface area contributed by atoms with Crippen molar-refractivity contribution >= 4 is 61.1 Å². The van der Waals surface area contributed by atoms with Gasteiger partial charge in [-0.3, -0.25) is 0 Å². The van der Waals surface area contributed by atoms with Gasteiger partial charge in [-0.1, -0.05) is 83.9 Å². The molecule has 10 heteroatoms. The zero-order valence-corrected chi connectivity index (χ0v) is 39.2. The van der Waals surface area contributed by atoms with Gasteiger partial charge in [0.15, 0.2) is 0 Å². The van der Waals surface area contributed by atoms with Crippen LogP contribution in [0.2, 0.25) is 0 Å². The number of aryl methyl sites for hydroxylation is 6. The van der Waals surface area contributed by atoms with E-state index >= 15 is 0 Å². The maximum absolute atomic E-state index is 12.0. The van der Waals surface area contributed by atoms with E-state index in [-0.39, 0.29) is 6.07 Å². The monoisotopic (exact) mass is 1010 g/mol. The molecule has 0 amide bonds. The second-order valence-corrected chi connectivity index (χ2v) is 19.4. The number of hydrogen-bond donors (Lipinski definition) is 0. The van der Waals surface area contributed by atoms with Crippen molar-refractivity contribution in [3.8, 4) is 0 Å². The van der Waals surface area contributed by atoms with E-state index in [1.165, 1.54) is 65.2 Å². The van der Waals surface area contributed by atoms with Crippen LogP contribution in [0.5, 0.6) is 0 Å². The van der Waals surface area contributed by atoms with Crippen LogP contribution in [0.1, 0.15) is 44.5 Å². The van der Waals surface area contributed by atoms with Gasteiger partial charge in [0.2, 0.25) is 0 Å². The van der Waals surface area contributed by atoms with Crippen LogP contribution in [0.4, 0.5) is 26.3 Å². The third-order valence-corrected chi connectivity index (χ3v) is 14.6. The molecule has 0 nitrogen and oxygen atoms in total. The third-order valence-electron chi connectivity index (χ3n) is 9.28. The summed E-state index contributed by atoms with van der Waals surface area (Å²) in [5.74, 6) is 0. The molecule has 0 unspecified atom stereocenters. The number of alkyl halides is 6. The van der Waals surface area contributed by atoms with Crippen molar-refractivity contribution in [3.63, 3.8) is 0 Å². The van der Waals surface area contributed by atoms with E-state index < -0.39 is 39.3 Å². The molecule has 0 bridgehead atoms. The van der Waals surface area contributed by atoms with E-state index in [1.54, 1.807) is 6.07 Å². The molecule has 0 atom stereocenters. The third kappa shape index (κ3) is 14.6. The average molecular weight is 1010 g/mol. The molecular weight excluding hydrogens is 963 g/mol. The first kappa shape index (κ1) is 48.8. The van der Waals surface area contributed by atoms with Crippen LogP contribution in [0.15, 0.2) is 164 Å². The molecule has 60 heavy (non-hydrogen) atoms. The zero-order valence-electron chi connectivity index (χ0n) is 34.1. The summed E-state index contributed by atoms with van der Waals surface area (Å²) in [4.78, 5) is 0. The van der Waals surface area contributed by atoms with Gasteiger partial charge in [0.1, 0.15) is 31.8 Å². The summed E-state index contributed by atoms with van der Waals surface area (Å²) in [5.41, 5.74) is 5.29. The van der Waals surface area contributed by atoms with Crippen molar-refractivity contribution in [3.05, 3.63) is 214 Å². The predicted octanol–water partition coefficient (Wildman–Crippen LogP) is 12.6. The van der Waals surface area contributed by atoms with E-state index in [9.17, 15) is 26.3 Å². The summed E-state index contributed by atoms with van der Waals surface area (Å²) < 4.78 is 71.8. The van der Waals surface area contributed by atoms with Gasteiger partial charge in [-0.25, -0.2) is 0 Å². The van der Waals surface area contributed by atoms with E-state index in [0.717, 1.165) is 0 Å². The van der Waals surface area contributed by atoms with Gasteiger partial charge in [-0.05, 0) is 148 Å². The van der Waals surface area contributed by atoms with Gasteiger partial charge < -0.3 is 0 Å². The quantitative estimate of drug-likeness (QED) is 0.0674. The van der Waals surface area contributed by atoms with E-state index in [1.807, 2.05) is 0 Å². The standard InChI is InChI=1S/2C21H21P.C8H3F6.BrH.Pd/c2*1-16-7-4-10-19(13-16)22(20-11-5-8-17(2)14-20)21-12-6-9-18(3)15-21;9-7(10,11)5-2-1-3-6(4-5)8(12,13)14;;/h2*4-15H,1-3H3;2-4H;1H;/q;;-1;;+2/p+1. The molecule has 0 aliphatic rings. The molecule has 0 aromatic heterocycles. The Morgan fingerprint density at radius 2 is 0.567 bits per heavy atom. The Bertz CT molecular complexity index is 2060. The van der Waals surface area contributed by atoms with Gasteiger partial charge >= 0.3 is 43.0 Å². The second-order valence-electron chi connectivity index (χ2n) is 14.5. The Hall–Kier alpha value is -3.88. The van der Waals surface area contributed by atoms with Gasteiger partial charge in [0.25, 0.3) is 0 Å². The molecule has 7 rings (SSSR count). The Morgan fingerprint density at radius 1 is 0.367 bits per heavy atom. The van der Waals surface area contributed by atoms with Crippen LogP contribution >= 0.6 is 29.3 Å². The molecule has 7 aromatic carbocycles. The molecule has 0 N–H and O–H groups in total. The van der Waals surface area contributed by atoms with Crippen LogP contribution in [0.3, 0.4) is 0 Å². The van der Waals surface area contributed by atoms with Crippen LogP contribution < -0.4 is 31.8 Å². The molecule has 0 aliphatic heterocycles. The molecule has 314 valence electrons. The van der Waals surface area contributed by atoms with Crippen molar-refractivity contribution in [2.24, 2.45) is 0 Å². The zero-order chi connectivity index (χ0) is 44.0. The number of halogens is 7. The summed E-state index contributed by atoms with van der Waals surface area (Å²) in [5, 5.41) is 8.76. The molecule has 0 spiro atoms. The van der Waals surface area contributed by atoms with Crippen LogP contribution in [0.25, 0.3) is 0 Å². The van der Waals surface area contributed by atoms with Crippen molar-refractivity contribution in [2.75, 3.05) is 0 Å². The summed E-state index contributed by atoms with van der Waals surface area (Å²) in [6.07, 6.45) is -9.56. The van der Waals surface area contributed by atoms with Crippen molar-refractivity contribution in [1.29, 1.82) is 0 Å². The molecule has 0 saturated carbocycles. The SMILES string of the molecule is Cc1cccc([PH+](c2cccc(C)c2)c2cccc(C)c2)c1.Cc1cccc([PH+](c2cccc(C)c2)c2cccc(C)c2)c1.FC(F)(F)c1c[c-]cc(C(F)(F)F)c1.[Br][Pd+]. The molecule has 7 aromatic rings. The first-order chi connectivity index (χ1) is 28.5. The van der Waals surface area contributed by atoms with E-state index in [4.69, 9.17) is 0 Å². The summed E-state index contributed by atoms with van der Waals surface area (Å²) in [6.45, 7) is 13.1. The van der Waals surface area contributed by atoms with Crippen LogP contribution in [-0.4, -0.2) is 0 Å².